The Morgan fingerprint density at radius 3 is 2.50 bits per heavy atom. The van der Waals surface area contributed by atoms with Crippen LogP contribution in [-0.2, 0) is 21.2 Å². The van der Waals surface area contributed by atoms with Gasteiger partial charge in [-0.15, -0.1) is 0 Å². The van der Waals surface area contributed by atoms with Crippen LogP contribution in [0.25, 0.3) is 0 Å². The summed E-state index contributed by atoms with van der Waals surface area (Å²) in [4.78, 5) is 23.4. The third-order valence-corrected chi connectivity index (χ3v) is 5.60. The van der Waals surface area contributed by atoms with Gasteiger partial charge in [-0.25, -0.2) is 8.42 Å². The Kier molecular flexibility index (Phi) is 4.88. The second kappa shape index (κ2) is 5.88. The van der Waals surface area contributed by atoms with Crippen LogP contribution in [0.5, 0.6) is 0 Å². The Bertz CT molecular complexity index is 662. The summed E-state index contributed by atoms with van der Waals surface area (Å²) in [6.07, 6.45) is 2.45. The molecule has 1 atom stereocenters. The van der Waals surface area contributed by atoms with E-state index < -0.39 is 27.0 Å². The zero-order chi connectivity index (χ0) is 15.6. The molecule has 0 saturated heterocycles. The van der Waals surface area contributed by atoms with E-state index in [1.165, 1.54) is 17.6 Å². The summed E-state index contributed by atoms with van der Waals surface area (Å²) in [6.45, 7) is 2.31. The maximum atomic E-state index is 11.8. The zero-order valence-corrected chi connectivity index (χ0v) is 12.6. The van der Waals surface area contributed by atoms with Crippen molar-refractivity contribution in [1.82, 2.24) is 4.57 Å². The van der Waals surface area contributed by atoms with Crippen LogP contribution in [0.1, 0.15) is 18.9 Å². The molecule has 0 aliphatic carbocycles. The molecule has 0 bridgehead atoms. The number of nitrogens with zero attached hydrogens (tertiary/aromatic N) is 1. The maximum Gasteiger partial charge on any atom is 0.250 e. The highest BCUT2D eigenvalue weighted by molar-refractivity contribution is 7.92. The first-order valence-corrected chi connectivity index (χ1v) is 8.02. The second-order valence-electron chi connectivity index (χ2n) is 5.07. The molecule has 0 aliphatic heterocycles. The summed E-state index contributed by atoms with van der Waals surface area (Å²) >= 11 is 0. The van der Waals surface area contributed by atoms with Crippen LogP contribution in [0.2, 0.25) is 0 Å². The summed E-state index contributed by atoms with van der Waals surface area (Å²) in [7, 11) is -3.69. The molecule has 1 aromatic heterocycles. The molecule has 1 aromatic rings. The summed E-state index contributed by atoms with van der Waals surface area (Å²) in [5.74, 6) is -0.764. The van der Waals surface area contributed by atoms with Crippen molar-refractivity contribution in [1.29, 1.82) is 0 Å². The second-order valence-corrected chi connectivity index (χ2v) is 7.52. The number of sulfone groups is 1. The van der Waals surface area contributed by atoms with Gasteiger partial charge in [-0.3, -0.25) is 9.59 Å². The molecule has 0 spiro atoms. The predicted molar refractivity (Wildman–Crippen MR) is 75.4 cm³/mol. The molecule has 6 nitrogen and oxygen atoms in total. The van der Waals surface area contributed by atoms with E-state index in [9.17, 15) is 18.0 Å². The standard InChI is InChI=1S/C13H19NO5S/c1-10-4-6-14(12(17)8-10)7-5-13(2,11(16)9-15)20(3,18)19/h4,6,8,15H,5,7,9H2,1-3H3. The minimum atomic E-state index is -3.69. The number of aryl methyl sites for hydroxylation is 2. The van der Waals surface area contributed by atoms with Crippen LogP contribution < -0.4 is 5.56 Å². The number of hydrogen-bond donors (Lipinski definition) is 1. The van der Waals surface area contributed by atoms with E-state index in [0.29, 0.717) is 0 Å². The molecular formula is C13H19NO5S. The van der Waals surface area contributed by atoms with E-state index >= 15 is 0 Å². The lowest BCUT2D eigenvalue weighted by Gasteiger charge is -2.25. The van der Waals surface area contributed by atoms with Crippen molar-refractivity contribution in [3.63, 3.8) is 0 Å². The van der Waals surface area contributed by atoms with Gasteiger partial charge >= 0.3 is 0 Å². The first-order valence-electron chi connectivity index (χ1n) is 6.12. The highest BCUT2D eigenvalue weighted by Gasteiger charge is 2.42. The first kappa shape index (κ1) is 16.6. The van der Waals surface area contributed by atoms with Crippen LogP contribution >= 0.6 is 0 Å². The molecule has 1 N–H and O–H groups in total. The monoisotopic (exact) mass is 301 g/mol. The Morgan fingerprint density at radius 2 is 2.05 bits per heavy atom. The van der Waals surface area contributed by atoms with Gasteiger partial charge in [0.1, 0.15) is 11.4 Å². The van der Waals surface area contributed by atoms with Crippen molar-refractivity contribution in [2.24, 2.45) is 0 Å². The maximum absolute atomic E-state index is 11.8. The molecule has 0 saturated carbocycles. The number of carbonyl (C=O) groups is 1. The lowest BCUT2D eigenvalue weighted by molar-refractivity contribution is -0.124. The number of aliphatic hydroxyl groups is 1. The lowest BCUT2D eigenvalue weighted by Crippen LogP contribution is -2.46. The summed E-state index contributed by atoms with van der Waals surface area (Å²) in [6, 6.07) is 3.17. The van der Waals surface area contributed by atoms with Gasteiger partial charge < -0.3 is 9.67 Å². The quantitative estimate of drug-likeness (QED) is 0.792. The van der Waals surface area contributed by atoms with E-state index in [-0.39, 0.29) is 18.5 Å². The molecule has 0 aromatic carbocycles. The van der Waals surface area contributed by atoms with Crippen LogP contribution in [0.15, 0.2) is 23.1 Å². The van der Waals surface area contributed by atoms with Gasteiger partial charge in [0.2, 0.25) is 0 Å². The number of ketones is 1. The van der Waals surface area contributed by atoms with Crippen molar-refractivity contribution >= 4 is 15.6 Å². The lowest BCUT2D eigenvalue weighted by atomic mass is 10.0. The molecule has 0 radical (unpaired) electrons. The molecule has 7 heteroatoms. The van der Waals surface area contributed by atoms with Crippen LogP contribution in [0, 0.1) is 6.92 Å². The number of aromatic nitrogens is 1. The van der Waals surface area contributed by atoms with Crippen molar-refractivity contribution in [2.45, 2.75) is 31.6 Å². The third-order valence-electron chi connectivity index (χ3n) is 3.53. The highest BCUT2D eigenvalue weighted by atomic mass is 32.2. The van der Waals surface area contributed by atoms with Gasteiger partial charge in [-0.05, 0) is 31.9 Å². The fourth-order valence-electron chi connectivity index (χ4n) is 1.82. The average Bonchev–Trinajstić information content (AvgIpc) is 2.35. The Balaban J connectivity index is 3.05. The molecule has 1 unspecified atom stereocenters. The number of aliphatic hydroxyl groups excluding tert-OH is 1. The Hall–Kier alpha value is -1.47. The number of hydrogen-bond acceptors (Lipinski definition) is 5. The molecule has 0 amide bonds. The Labute approximate surface area is 118 Å². The smallest absolute Gasteiger partial charge is 0.250 e. The van der Waals surface area contributed by atoms with Crippen molar-refractivity contribution in [3.8, 4) is 0 Å². The van der Waals surface area contributed by atoms with E-state index in [4.69, 9.17) is 5.11 Å². The van der Waals surface area contributed by atoms with E-state index in [0.717, 1.165) is 11.8 Å². The van der Waals surface area contributed by atoms with Crippen molar-refractivity contribution < 1.29 is 18.3 Å². The minimum absolute atomic E-state index is 0.0613. The van der Waals surface area contributed by atoms with Crippen molar-refractivity contribution in [3.05, 3.63) is 34.2 Å². The number of carbonyl (C=O) groups excluding carboxylic acids is 1. The number of Topliss-reactive ketones (excluding diaryl/α,β-unsaturated/α-hetero) is 1. The van der Waals surface area contributed by atoms with E-state index in [2.05, 4.69) is 0 Å². The number of rotatable bonds is 6. The van der Waals surface area contributed by atoms with Crippen molar-refractivity contribution in [2.75, 3.05) is 12.9 Å². The first-order chi connectivity index (χ1) is 9.11. The minimum Gasteiger partial charge on any atom is -0.389 e. The average molecular weight is 301 g/mol. The van der Waals surface area contributed by atoms with Gasteiger partial charge in [0.15, 0.2) is 15.6 Å². The van der Waals surface area contributed by atoms with Crippen LogP contribution in [-0.4, -0.2) is 41.5 Å². The fraction of sp³-hybridized carbons (Fsp3) is 0.538. The van der Waals surface area contributed by atoms with Gasteiger partial charge in [-0.2, -0.15) is 0 Å². The van der Waals surface area contributed by atoms with E-state index in [1.54, 1.807) is 19.2 Å². The topological polar surface area (TPSA) is 93.4 Å². The summed E-state index contributed by atoms with van der Waals surface area (Å²) < 4.78 is 23.2. The summed E-state index contributed by atoms with van der Waals surface area (Å²) in [5.41, 5.74) is 0.556. The van der Waals surface area contributed by atoms with Gasteiger partial charge in [-0.1, -0.05) is 0 Å². The summed E-state index contributed by atoms with van der Waals surface area (Å²) in [5, 5.41) is 8.94. The highest BCUT2D eigenvalue weighted by Crippen LogP contribution is 2.22. The van der Waals surface area contributed by atoms with Gasteiger partial charge in [0.05, 0.1) is 0 Å². The largest absolute Gasteiger partial charge is 0.389 e. The molecule has 20 heavy (non-hydrogen) atoms. The van der Waals surface area contributed by atoms with Gasteiger partial charge in [0, 0.05) is 25.1 Å². The molecular weight excluding hydrogens is 282 g/mol. The van der Waals surface area contributed by atoms with Crippen LogP contribution in [0.4, 0.5) is 0 Å². The number of pyridine rings is 1. The van der Waals surface area contributed by atoms with E-state index in [1.807, 2.05) is 0 Å². The molecule has 112 valence electrons. The Morgan fingerprint density at radius 1 is 1.45 bits per heavy atom. The fourth-order valence-corrected chi connectivity index (χ4v) is 2.76. The predicted octanol–water partition coefficient (Wildman–Crippen LogP) is -0.0885. The molecule has 0 aliphatic rings. The normalized spacial score (nSPS) is 14.8. The van der Waals surface area contributed by atoms with Gasteiger partial charge in [0.25, 0.3) is 5.56 Å². The third kappa shape index (κ3) is 3.34. The molecule has 0 fully saturated rings. The zero-order valence-electron chi connectivity index (χ0n) is 11.8. The van der Waals surface area contributed by atoms with Crippen LogP contribution in [0.3, 0.4) is 0 Å². The molecule has 1 heterocycles. The molecule has 1 rings (SSSR count). The SMILES string of the molecule is Cc1ccn(CCC(C)(C(=O)CO)S(C)(=O)=O)c(=O)c1.